The lowest BCUT2D eigenvalue weighted by atomic mass is 9.75. The Labute approximate surface area is 256 Å². The van der Waals surface area contributed by atoms with Crippen LogP contribution in [0.25, 0.3) is 0 Å². The minimum absolute atomic E-state index is 0.0954. The van der Waals surface area contributed by atoms with E-state index in [2.05, 4.69) is 56.8 Å². The van der Waals surface area contributed by atoms with Gasteiger partial charge in [-0.25, -0.2) is 4.98 Å². The lowest BCUT2D eigenvalue weighted by molar-refractivity contribution is -0.300. The molecule has 2 N–H and O–H groups in total. The van der Waals surface area contributed by atoms with E-state index >= 15 is 0 Å². The van der Waals surface area contributed by atoms with E-state index in [0.29, 0.717) is 26.1 Å². The molecule has 230 valence electrons. The molecule has 0 unspecified atom stereocenters. The van der Waals surface area contributed by atoms with Crippen molar-refractivity contribution >= 4 is 18.9 Å². The molecule has 1 aromatic heterocycles. The molecule has 2 amide bonds. The maximum atomic E-state index is 14.1. The van der Waals surface area contributed by atoms with Gasteiger partial charge < -0.3 is 29.6 Å². The second kappa shape index (κ2) is 14.8. The summed E-state index contributed by atoms with van der Waals surface area (Å²) < 4.78 is 18.3. The van der Waals surface area contributed by atoms with Crippen LogP contribution in [0.5, 0.6) is 0 Å². The highest BCUT2D eigenvalue weighted by atomic mass is 16.7. The Morgan fingerprint density at radius 3 is 2.44 bits per heavy atom. The topological polar surface area (TPSA) is 116 Å². The highest BCUT2D eigenvalue weighted by molar-refractivity contribution is 6.48. The number of benzene rings is 1. The molecule has 43 heavy (non-hydrogen) atoms. The van der Waals surface area contributed by atoms with Crippen LogP contribution < -0.4 is 15.6 Å². The first kappa shape index (κ1) is 32.5. The van der Waals surface area contributed by atoms with E-state index in [1.165, 1.54) is 18.0 Å². The van der Waals surface area contributed by atoms with Crippen molar-refractivity contribution in [3.63, 3.8) is 0 Å². The van der Waals surface area contributed by atoms with Gasteiger partial charge in [0, 0.05) is 25.2 Å². The lowest BCUT2D eigenvalue weighted by Crippen LogP contribution is -2.55. The summed E-state index contributed by atoms with van der Waals surface area (Å²) in [6, 6.07) is 9.40. The summed E-state index contributed by atoms with van der Waals surface area (Å²) in [5.74, 6) is -1.22. The zero-order chi connectivity index (χ0) is 30.9. The smallest absolute Gasteiger partial charge is 0.402 e. The van der Waals surface area contributed by atoms with E-state index in [-0.39, 0.29) is 11.6 Å². The average Bonchev–Trinajstić information content (AvgIpc) is 3.23. The van der Waals surface area contributed by atoms with E-state index in [1.807, 2.05) is 45.9 Å². The van der Waals surface area contributed by atoms with E-state index < -0.39 is 36.2 Å². The number of rotatable bonds is 13. The standard InChI is InChI=1S/C32H44BN5O5/c1-6-11-25(38-18-20-41-21-19-38)22-26(36-30(40)27-23-34-16-17-35-27)29(39)37-28(15-10-14-24-12-8-7-9-13-24)33-42-31(2,3)32(4,5)43-33/h7-9,11-13,16,23,26,28H,6,10,14-15,18-22H2,1-5H3,(H-,36,37,39,40)/p+1/t26-,28+/m0/s1. The highest BCUT2D eigenvalue weighted by Gasteiger charge is 2.54. The minimum Gasteiger partial charge on any atom is -0.402 e. The normalized spacial score (nSPS) is 19.3. The number of aromatic nitrogens is 2. The molecular weight excluding hydrogens is 545 g/mol. The third kappa shape index (κ3) is 8.79. The van der Waals surface area contributed by atoms with Crippen LogP contribution in [0, 0.1) is 6.20 Å². The van der Waals surface area contributed by atoms with Gasteiger partial charge in [0.1, 0.15) is 12.2 Å². The summed E-state index contributed by atoms with van der Waals surface area (Å²) in [5, 5.41) is 6.13. The quantitative estimate of drug-likeness (QED) is 0.343. The number of amides is 2. The Balaban J connectivity index is 1.55. The molecule has 1 aromatic carbocycles. The molecule has 0 bridgehead atoms. The molecular formula is C32H45BN5O5+. The third-order valence-electron chi connectivity index (χ3n) is 8.39. The highest BCUT2D eigenvalue weighted by Crippen LogP contribution is 2.38. The van der Waals surface area contributed by atoms with Gasteiger partial charge in [0.05, 0.1) is 30.4 Å². The van der Waals surface area contributed by atoms with Crippen molar-refractivity contribution in [2.24, 2.45) is 0 Å². The summed E-state index contributed by atoms with van der Waals surface area (Å²) in [6.45, 7) is 12.7. The molecule has 2 aromatic rings. The fraction of sp³-hybridized carbons (Fsp3) is 0.562. The average molecular weight is 591 g/mol. The Bertz CT molecular complexity index is 1210. The van der Waals surface area contributed by atoms with Gasteiger partial charge in [-0.15, -0.1) is 0 Å². The number of carbonyl (C=O) groups excluding carboxylic acids is 2. The Hall–Kier alpha value is -3.46. The molecule has 2 aliphatic rings. The maximum Gasteiger partial charge on any atom is 0.481 e. The SMILES string of the molecule is CCC=C(C[C@H](NC(=O)c1cncc#[n+]1)C(=O)N[C@H](CCCc1ccccc1)B1OC(C)(C)C(C)(C)O1)N1CCOCC1. The van der Waals surface area contributed by atoms with E-state index in [4.69, 9.17) is 14.0 Å². The first-order valence-electron chi connectivity index (χ1n) is 15.3. The van der Waals surface area contributed by atoms with Crippen molar-refractivity contribution in [2.75, 3.05) is 26.3 Å². The number of ether oxygens (including phenoxy) is 1. The van der Waals surface area contributed by atoms with Crippen LogP contribution in [0.2, 0.25) is 0 Å². The predicted octanol–water partition coefficient (Wildman–Crippen LogP) is 2.74. The van der Waals surface area contributed by atoms with Crippen LogP contribution in [0.3, 0.4) is 0 Å². The van der Waals surface area contributed by atoms with Crippen molar-refractivity contribution in [1.29, 1.82) is 0 Å². The van der Waals surface area contributed by atoms with Crippen molar-refractivity contribution in [2.45, 2.75) is 89.9 Å². The maximum absolute atomic E-state index is 14.1. The fourth-order valence-electron chi connectivity index (χ4n) is 5.24. The van der Waals surface area contributed by atoms with Crippen LogP contribution in [0.15, 0.2) is 54.5 Å². The molecule has 4 rings (SSSR count). The molecule has 2 saturated heterocycles. The van der Waals surface area contributed by atoms with E-state index in [0.717, 1.165) is 38.0 Å². The van der Waals surface area contributed by atoms with Gasteiger partial charge in [-0.3, -0.25) is 9.59 Å². The van der Waals surface area contributed by atoms with Gasteiger partial charge >= 0.3 is 24.9 Å². The van der Waals surface area contributed by atoms with Crippen LogP contribution in [0.1, 0.15) is 76.4 Å². The van der Waals surface area contributed by atoms with Crippen LogP contribution >= 0.6 is 0 Å². The Morgan fingerprint density at radius 2 is 1.81 bits per heavy atom. The second-order valence-electron chi connectivity index (χ2n) is 12.1. The van der Waals surface area contributed by atoms with Gasteiger partial charge in [-0.2, -0.15) is 0 Å². The molecule has 0 spiro atoms. The third-order valence-corrected chi connectivity index (χ3v) is 8.39. The number of hydrogen-bond donors (Lipinski definition) is 2. The summed E-state index contributed by atoms with van der Waals surface area (Å²) >= 11 is 0. The second-order valence-corrected chi connectivity index (χ2v) is 12.1. The number of hydrogen-bond acceptors (Lipinski definition) is 7. The molecule has 3 heterocycles. The minimum atomic E-state index is -0.866. The lowest BCUT2D eigenvalue weighted by Gasteiger charge is -2.33. The van der Waals surface area contributed by atoms with Gasteiger partial charge in [0.15, 0.2) is 6.20 Å². The molecule has 11 heteroatoms. The number of carbonyl (C=O) groups is 2. The van der Waals surface area contributed by atoms with Crippen molar-refractivity contribution in [3.8, 4) is 0 Å². The van der Waals surface area contributed by atoms with Crippen molar-refractivity contribution < 1.29 is 28.6 Å². The molecule has 0 radical (unpaired) electrons. The Kier molecular flexibility index (Phi) is 11.2. The zero-order valence-electron chi connectivity index (χ0n) is 26.1. The van der Waals surface area contributed by atoms with Crippen molar-refractivity contribution in [1.82, 2.24) is 20.5 Å². The van der Waals surface area contributed by atoms with Crippen LogP contribution in [0.4, 0.5) is 0 Å². The summed E-state index contributed by atoms with van der Waals surface area (Å²) in [4.78, 5) is 37.5. The van der Waals surface area contributed by atoms with E-state index in [9.17, 15) is 9.59 Å². The zero-order valence-corrected chi connectivity index (χ0v) is 26.1. The predicted molar refractivity (Wildman–Crippen MR) is 163 cm³/mol. The number of nitrogens with one attached hydrogen (secondary N) is 2. The summed E-state index contributed by atoms with van der Waals surface area (Å²) in [7, 11) is -0.638. The van der Waals surface area contributed by atoms with Crippen molar-refractivity contribution in [3.05, 3.63) is 72.0 Å². The molecule has 10 nitrogen and oxygen atoms in total. The molecule has 0 aliphatic carbocycles. The monoisotopic (exact) mass is 590 g/mol. The van der Waals surface area contributed by atoms with E-state index in [1.54, 1.807) is 0 Å². The van der Waals surface area contributed by atoms with Gasteiger partial charge in [0.2, 0.25) is 5.91 Å². The largest absolute Gasteiger partial charge is 0.481 e. The molecule has 0 saturated carbocycles. The number of aryl methyl sites for hydroxylation is 1. The fourth-order valence-corrected chi connectivity index (χ4v) is 5.24. The van der Waals surface area contributed by atoms with Crippen LogP contribution in [-0.4, -0.2) is 78.3 Å². The first-order chi connectivity index (χ1) is 20.6. The Morgan fingerprint density at radius 1 is 1.12 bits per heavy atom. The molecule has 2 aliphatic heterocycles. The number of allylic oxidation sites excluding steroid dienone is 1. The van der Waals surface area contributed by atoms with Crippen LogP contribution in [-0.2, 0) is 25.3 Å². The number of nitrogens with zero attached hydrogens (tertiary/aromatic N) is 3. The van der Waals surface area contributed by atoms with Gasteiger partial charge in [0.25, 0.3) is 0 Å². The van der Waals surface area contributed by atoms with Gasteiger partial charge in [-0.05, 0) is 63.9 Å². The number of morpholine rings is 1. The van der Waals surface area contributed by atoms with Gasteiger partial charge in [-0.1, -0.05) is 43.3 Å². The summed E-state index contributed by atoms with van der Waals surface area (Å²) in [5.41, 5.74) is 1.21. The molecule has 2 fully saturated rings. The molecule has 2 atom stereocenters. The first-order valence-corrected chi connectivity index (χ1v) is 15.3. The summed E-state index contributed by atoms with van der Waals surface area (Å²) in [6.07, 6.45) is 10.9.